The van der Waals surface area contributed by atoms with Crippen molar-refractivity contribution in [2.24, 2.45) is 5.10 Å². The summed E-state index contributed by atoms with van der Waals surface area (Å²) in [5.41, 5.74) is 2.84. The van der Waals surface area contributed by atoms with E-state index >= 15 is 0 Å². The molecule has 0 unspecified atom stereocenters. The first-order valence-electron chi connectivity index (χ1n) is 6.31. The Morgan fingerprint density at radius 3 is 2.84 bits per heavy atom. The van der Waals surface area contributed by atoms with Crippen LogP contribution in [-0.2, 0) is 19.1 Å². The van der Waals surface area contributed by atoms with Crippen molar-refractivity contribution >= 4 is 17.5 Å². The molecule has 0 aliphatic carbocycles. The highest BCUT2D eigenvalue weighted by atomic mass is 16.5. The summed E-state index contributed by atoms with van der Waals surface area (Å²) in [6.07, 6.45) is 2.31. The van der Waals surface area contributed by atoms with E-state index in [1.807, 2.05) is 0 Å². The molecule has 7 heteroatoms. The van der Waals surface area contributed by atoms with Crippen molar-refractivity contribution in [3.05, 3.63) is 0 Å². The molecule has 2 N–H and O–H groups in total. The molecule has 0 saturated carbocycles. The first-order chi connectivity index (χ1) is 9.11. The summed E-state index contributed by atoms with van der Waals surface area (Å²) in [6.45, 7) is 2.93. The lowest BCUT2D eigenvalue weighted by Gasteiger charge is -2.10. The third-order valence-electron chi connectivity index (χ3n) is 2.61. The number of hydrazone groups is 1. The molecular weight excluding hydrogens is 250 g/mol. The highest BCUT2D eigenvalue weighted by Gasteiger charge is 2.16. The highest BCUT2D eigenvalue weighted by Crippen LogP contribution is 2.10. The number of methoxy groups -OCH3 is 1. The second-order valence-corrected chi connectivity index (χ2v) is 4.43. The average molecular weight is 271 g/mol. The molecule has 0 aromatic heterocycles. The zero-order valence-corrected chi connectivity index (χ0v) is 11.4. The number of amides is 2. The Bertz CT molecular complexity index is 338. The fourth-order valence-electron chi connectivity index (χ4n) is 1.69. The first-order valence-corrected chi connectivity index (χ1v) is 6.31. The molecule has 7 nitrogen and oxygen atoms in total. The molecule has 0 radical (unpaired) electrons. The zero-order chi connectivity index (χ0) is 14.1. The Hall–Kier alpha value is -1.47. The summed E-state index contributed by atoms with van der Waals surface area (Å²) in [5, 5.41) is 6.59. The molecular formula is C12H21N3O4. The van der Waals surface area contributed by atoms with E-state index in [2.05, 4.69) is 20.6 Å². The van der Waals surface area contributed by atoms with E-state index in [-0.39, 0.29) is 30.9 Å². The average Bonchev–Trinajstić information content (AvgIpc) is 2.87. The van der Waals surface area contributed by atoms with Gasteiger partial charge in [0.1, 0.15) is 6.61 Å². The molecule has 1 aliphatic heterocycles. The zero-order valence-electron chi connectivity index (χ0n) is 11.4. The number of carbonyl (C=O) groups excluding carboxylic acids is 2. The van der Waals surface area contributed by atoms with Crippen molar-refractivity contribution in [3.63, 3.8) is 0 Å². The molecule has 1 aliphatic rings. The predicted octanol–water partition coefficient (Wildman–Crippen LogP) is -0.190. The van der Waals surface area contributed by atoms with Crippen LogP contribution in [0.1, 0.15) is 26.2 Å². The predicted molar refractivity (Wildman–Crippen MR) is 69.7 cm³/mol. The van der Waals surface area contributed by atoms with Crippen LogP contribution in [-0.4, -0.2) is 50.5 Å². The molecule has 1 atom stereocenters. The van der Waals surface area contributed by atoms with Gasteiger partial charge in [-0.2, -0.15) is 5.10 Å². The van der Waals surface area contributed by atoms with Gasteiger partial charge in [0.05, 0.1) is 12.5 Å². The van der Waals surface area contributed by atoms with Crippen LogP contribution >= 0.6 is 0 Å². The minimum absolute atomic E-state index is 0.0536. The molecule has 2 amide bonds. The van der Waals surface area contributed by atoms with Crippen LogP contribution < -0.4 is 10.7 Å². The van der Waals surface area contributed by atoms with Crippen LogP contribution in [0, 0.1) is 0 Å². The highest BCUT2D eigenvalue weighted by molar-refractivity contribution is 6.00. The van der Waals surface area contributed by atoms with Gasteiger partial charge in [-0.3, -0.25) is 9.59 Å². The van der Waals surface area contributed by atoms with E-state index in [0.29, 0.717) is 12.3 Å². The summed E-state index contributed by atoms with van der Waals surface area (Å²) in [4.78, 5) is 22.7. The summed E-state index contributed by atoms with van der Waals surface area (Å²) in [6, 6.07) is 0. The summed E-state index contributed by atoms with van der Waals surface area (Å²) >= 11 is 0. The summed E-state index contributed by atoms with van der Waals surface area (Å²) in [5.74, 6) is -0.473. The van der Waals surface area contributed by atoms with E-state index in [0.717, 1.165) is 19.4 Å². The van der Waals surface area contributed by atoms with Crippen LogP contribution in [0.5, 0.6) is 0 Å². The minimum atomic E-state index is -0.346. The standard InChI is InChI=1S/C12H21N3O4/c1-9(14-15-12(17)8-18-2)6-11(16)13-7-10-4-3-5-19-10/h10H,3-8H2,1-2H3,(H,13,16)(H,15,17)/t10-/m0/s1. The normalized spacial score (nSPS) is 19.3. The van der Waals surface area contributed by atoms with Crippen molar-refractivity contribution in [2.45, 2.75) is 32.3 Å². The maximum Gasteiger partial charge on any atom is 0.266 e. The van der Waals surface area contributed by atoms with E-state index in [1.165, 1.54) is 7.11 Å². The molecule has 0 aromatic carbocycles. The Kier molecular flexibility index (Phi) is 7.06. The van der Waals surface area contributed by atoms with Crippen LogP contribution in [0.3, 0.4) is 0 Å². The quantitative estimate of drug-likeness (QED) is 0.496. The Morgan fingerprint density at radius 2 is 2.21 bits per heavy atom. The summed E-state index contributed by atoms with van der Waals surface area (Å²) in [7, 11) is 1.43. The maximum atomic E-state index is 11.6. The van der Waals surface area contributed by atoms with Crippen LogP contribution in [0.15, 0.2) is 5.10 Å². The van der Waals surface area contributed by atoms with Gasteiger partial charge in [0.25, 0.3) is 5.91 Å². The number of ether oxygens (including phenoxy) is 2. The molecule has 19 heavy (non-hydrogen) atoms. The second-order valence-electron chi connectivity index (χ2n) is 4.43. The van der Waals surface area contributed by atoms with Gasteiger partial charge in [0.2, 0.25) is 5.91 Å². The summed E-state index contributed by atoms with van der Waals surface area (Å²) < 4.78 is 10.0. The lowest BCUT2D eigenvalue weighted by molar-refractivity contribution is -0.125. The molecule has 0 aromatic rings. The molecule has 1 rings (SSSR count). The number of nitrogens with one attached hydrogen (secondary N) is 2. The lowest BCUT2D eigenvalue weighted by Crippen LogP contribution is -2.33. The minimum Gasteiger partial charge on any atom is -0.376 e. The third-order valence-corrected chi connectivity index (χ3v) is 2.61. The number of hydrogen-bond donors (Lipinski definition) is 2. The van der Waals surface area contributed by atoms with Gasteiger partial charge >= 0.3 is 0 Å². The Labute approximate surface area is 112 Å². The van der Waals surface area contributed by atoms with Crippen molar-refractivity contribution in [3.8, 4) is 0 Å². The maximum absolute atomic E-state index is 11.6. The number of hydrogen-bond acceptors (Lipinski definition) is 5. The smallest absolute Gasteiger partial charge is 0.266 e. The SMILES string of the molecule is COCC(=O)NN=C(C)CC(=O)NC[C@@H]1CCCO1. The molecule has 108 valence electrons. The van der Waals surface area contributed by atoms with Crippen molar-refractivity contribution in [1.29, 1.82) is 0 Å². The van der Waals surface area contributed by atoms with Gasteiger partial charge in [-0.05, 0) is 19.8 Å². The van der Waals surface area contributed by atoms with Crippen molar-refractivity contribution < 1.29 is 19.1 Å². The van der Waals surface area contributed by atoms with Gasteiger partial charge in [0, 0.05) is 26.0 Å². The van der Waals surface area contributed by atoms with Gasteiger partial charge in [-0.15, -0.1) is 0 Å². The van der Waals surface area contributed by atoms with Gasteiger partial charge in [0.15, 0.2) is 0 Å². The van der Waals surface area contributed by atoms with Crippen molar-refractivity contribution in [2.75, 3.05) is 26.9 Å². The molecule has 1 fully saturated rings. The monoisotopic (exact) mass is 271 g/mol. The van der Waals surface area contributed by atoms with Gasteiger partial charge in [-0.25, -0.2) is 5.43 Å². The van der Waals surface area contributed by atoms with Gasteiger partial charge in [-0.1, -0.05) is 0 Å². The largest absolute Gasteiger partial charge is 0.376 e. The van der Waals surface area contributed by atoms with Crippen molar-refractivity contribution in [1.82, 2.24) is 10.7 Å². The Morgan fingerprint density at radius 1 is 1.42 bits per heavy atom. The number of nitrogens with zero attached hydrogens (tertiary/aromatic N) is 1. The van der Waals surface area contributed by atoms with E-state index in [1.54, 1.807) is 6.92 Å². The van der Waals surface area contributed by atoms with Crippen LogP contribution in [0.2, 0.25) is 0 Å². The van der Waals surface area contributed by atoms with Gasteiger partial charge < -0.3 is 14.8 Å². The molecule has 0 spiro atoms. The molecule has 1 saturated heterocycles. The van der Waals surface area contributed by atoms with Crippen LogP contribution in [0.4, 0.5) is 0 Å². The molecule has 0 bridgehead atoms. The Balaban J connectivity index is 2.18. The second kappa shape index (κ2) is 8.60. The third kappa shape index (κ3) is 6.88. The first kappa shape index (κ1) is 15.6. The fraction of sp³-hybridized carbons (Fsp3) is 0.750. The van der Waals surface area contributed by atoms with E-state index < -0.39 is 0 Å². The van der Waals surface area contributed by atoms with E-state index in [4.69, 9.17) is 4.74 Å². The number of rotatable bonds is 7. The van der Waals surface area contributed by atoms with Crippen LogP contribution in [0.25, 0.3) is 0 Å². The lowest BCUT2D eigenvalue weighted by atomic mass is 10.2. The number of carbonyl (C=O) groups is 2. The topological polar surface area (TPSA) is 89.0 Å². The molecule has 1 heterocycles. The van der Waals surface area contributed by atoms with E-state index in [9.17, 15) is 9.59 Å². The fourth-order valence-corrected chi connectivity index (χ4v) is 1.69.